The van der Waals surface area contributed by atoms with Gasteiger partial charge in [0.15, 0.2) is 0 Å². The Balaban J connectivity index is 2.23. The van der Waals surface area contributed by atoms with E-state index in [1.807, 2.05) is 0 Å². The van der Waals surface area contributed by atoms with E-state index in [-0.39, 0.29) is 5.91 Å². The lowest BCUT2D eigenvalue weighted by Gasteiger charge is -2.09. The van der Waals surface area contributed by atoms with Gasteiger partial charge >= 0.3 is 0 Å². The highest BCUT2D eigenvalue weighted by atomic mass is 16.5. The average molecular weight is 232 g/mol. The summed E-state index contributed by atoms with van der Waals surface area (Å²) in [6.07, 6.45) is 2.81. The molecule has 1 aromatic carbocycles. The second-order valence-corrected chi connectivity index (χ2v) is 3.43. The van der Waals surface area contributed by atoms with Gasteiger partial charge in [-0.15, -0.1) is 0 Å². The summed E-state index contributed by atoms with van der Waals surface area (Å²) in [7, 11) is 1.53. The smallest absolute Gasteiger partial charge is 0.259 e. The average Bonchev–Trinajstić information content (AvgIpc) is 2.83. The second kappa shape index (κ2) is 4.61. The van der Waals surface area contributed by atoms with Crippen molar-refractivity contribution in [2.75, 3.05) is 18.2 Å². The number of anilines is 2. The van der Waals surface area contributed by atoms with Crippen LogP contribution in [0.25, 0.3) is 0 Å². The first-order valence-corrected chi connectivity index (χ1v) is 4.98. The highest BCUT2D eigenvalue weighted by molar-refractivity contribution is 6.05. The van der Waals surface area contributed by atoms with Gasteiger partial charge < -0.3 is 20.2 Å². The largest absolute Gasteiger partial charge is 0.495 e. The zero-order valence-corrected chi connectivity index (χ0v) is 9.27. The van der Waals surface area contributed by atoms with Crippen molar-refractivity contribution in [2.24, 2.45) is 0 Å². The van der Waals surface area contributed by atoms with E-state index < -0.39 is 0 Å². The standard InChI is InChI=1S/C12H12N2O3/c1-16-11-3-2-9(13)6-10(11)14-12(15)8-4-5-17-7-8/h2-7H,13H2,1H3,(H,14,15). The van der Waals surface area contributed by atoms with Crippen LogP contribution in [0.3, 0.4) is 0 Å². The van der Waals surface area contributed by atoms with Crippen molar-refractivity contribution in [3.63, 3.8) is 0 Å². The van der Waals surface area contributed by atoms with Crippen molar-refractivity contribution >= 4 is 17.3 Å². The SMILES string of the molecule is COc1ccc(N)cc1NC(=O)c1ccoc1. The van der Waals surface area contributed by atoms with Crippen LogP contribution in [0.15, 0.2) is 41.2 Å². The molecular formula is C12H12N2O3. The molecular weight excluding hydrogens is 220 g/mol. The molecule has 5 heteroatoms. The van der Waals surface area contributed by atoms with Crippen molar-refractivity contribution in [3.05, 3.63) is 42.4 Å². The summed E-state index contributed by atoms with van der Waals surface area (Å²) in [5.41, 5.74) is 7.17. The Morgan fingerprint density at radius 2 is 2.24 bits per heavy atom. The van der Waals surface area contributed by atoms with Crippen molar-refractivity contribution in [1.29, 1.82) is 0 Å². The number of methoxy groups -OCH3 is 1. The summed E-state index contributed by atoms with van der Waals surface area (Å²) in [5, 5.41) is 2.70. The number of nitrogens with one attached hydrogen (secondary N) is 1. The van der Waals surface area contributed by atoms with Gasteiger partial charge in [-0.1, -0.05) is 0 Å². The van der Waals surface area contributed by atoms with E-state index in [0.717, 1.165) is 0 Å². The van der Waals surface area contributed by atoms with Gasteiger partial charge in [-0.05, 0) is 24.3 Å². The Hall–Kier alpha value is -2.43. The number of hydrogen-bond donors (Lipinski definition) is 2. The van der Waals surface area contributed by atoms with E-state index in [9.17, 15) is 4.79 Å². The minimum absolute atomic E-state index is 0.275. The minimum atomic E-state index is -0.275. The fourth-order valence-electron chi connectivity index (χ4n) is 1.41. The molecule has 0 fully saturated rings. The van der Waals surface area contributed by atoms with Crippen molar-refractivity contribution in [2.45, 2.75) is 0 Å². The quantitative estimate of drug-likeness (QED) is 0.794. The zero-order valence-electron chi connectivity index (χ0n) is 9.27. The third-order valence-corrected chi connectivity index (χ3v) is 2.26. The van der Waals surface area contributed by atoms with Gasteiger partial charge in [0.25, 0.3) is 5.91 Å². The molecule has 1 aromatic heterocycles. The Bertz CT molecular complexity index is 521. The molecule has 0 radical (unpaired) electrons. The second-order valence-electron chi connectivity index (χ2n) is 3.43. The molecule has 3 N–H and O–H groups in total. The van der Waals surface area contributed by atoms with Gasteiger partial charge in [-0.25, -0.2) is 0 Å². The molecule has 2 rings (SSSR count). The number of benzene rings is 1. The lowest BCUT2D eigenvalue weighted by molar-refractivity contribution is 0.102. The zero-order chi connectivity index (χ0) is 12.3. The number of furan rings is 1. The Labute approximate surface area is 98.2 Å². The van der Waals surface area contributed by atoms with Crippen LogP contribution >= 0.6 is 0 Å². The fraction of sp³-hybridized carbons (Fsp3) is 0.0833. The molecule has 0 aliphatic heterocycles. The first kappa shape index (κ1) is 11.1. The highest BCUT2D eigenvalue weighted by Gasteiger charge is 2.10. The van der Waals surface area contributed by atoms with Crippen LogP contribution < -0.4 is 15.8 Å². The minimum Gasteiger partial charge on any atom is -0.495 e. The number of hydrogen-bond acceptors (Lipinski definition) is 4. The van der Waals surface area contributed by atoms with Gasteiger partial charge in [0.2, 0.25) is 0 Å². The number of amides is 1. The van der Waals surface area contributed by atoms with Crippen molar-refractivity contribution in [3.8, 4) is 5.75 Å². The van der Waals surface area contributed by atoms with Crippen LogP contribution in [-0.4, -0.2) is 13.0 Å². The molecule has 0 unspecified atom stereocenters. The molecule has 0 bridgehead atoms. The van der Waals surface area contributed by atoms with E-state index >= 15 is 0 Å². The Kier molecular flexibility index (Phi) is 3.00. The number of rotatable bonds is 3. The van der Waals surface area contributed by atoms with E-state index in [1.54, 1.807) is 24.3 Å². The molecule has 1 amide bonds. The summed E-state index contributed by atoms with van der Waals surface area (Å²) in [4.78, 5) is 11.8. The maximum absolute atomic E-state index is 11.8. The Morgan fingerprint density at radius 1 is 1.41 bits per heavy atom. The summed E-state index contributed by atoms with van der Waals surface area (Å²) in [6.45, 7) is 0. The molecule has 0 aliphatic carbocycles. The van der Waals surface area contributed by atoms with Crippen molar-refractivity contribution in [1.82, 2.24) is 0 Å². The maximum atomic E-state index is 11.8. The first-order valence-electron chi connectivity index (χ1n) is 4.98. The maximum Gasteiger partial charge on any atom is 0.259 e. The molecule has 2 aromatic rings. The van der Waals surface area contributed by atoms with E-state index in [0.29, 0.717) is 22.7 Å². The summed E-state index contributed by atoms with van der Waals surface area (Å²) >= 11 is 0. The molecule has 0 spiro atoms. The monoisotopic (exact) mass is 232 g/mol. The molecule has 5 nitrogen and oxygen atoms in total. The number of nitrogen functional groups attached to an aromatic ring is 1. The molecule has 88 valence electrons. The molecule has 0 aliphatic rings. The normalized spacial score (nSPS) is 9.94. The van der Waals surface area contributed by atoms with Gasteiger partial charge in [0, 0.05) is 5.69 Å². The lowest BCUT2D eigenvalue weighted by Crippen LogP contribution is -2.11. The number of carbonyl (C=O) groups is 1. The van der Waals surface area contributed by atoms with Gasteiger partial charge in [-0.2, -0.15) is 0 Å². The van der Waals surface area contributed by atoms with E-state index in [2.05, 4.69) is 5.32 Å². The third kappa shape index (κ3) is 2.39. The first-order chi connectivity index (χ1) is 8.20. The highest BCUT2D eigenvalue weighted by Crippen LogP contribution is 2.26. The molecule has 0 saturated heterocycles. The van der Waals surface area contributed by atoms with Crippen LogP contribution in [-0.2, 0) is 0 Å². The van der Waals surface area contributed by atoms with Crippen LogP contribution in [0.4, 0.5) is 11.4 Å². The van der Waals surface area contributed by atoms with Crippen LogP contribution in [0, 0.1) is 0 Å². The number of nitrogens with two attached hydrogens (primary N) is 1. The fourth-order valence-corrected chi connectivity index (χ4v) is 1.41. The van der Waals surface area contributed by atoms with Crippen LogP contribution in [0.1, 0.15) is 10.4 Å². The summed E-state index contributed by atoms with van der Waals surface area (Å²) in [5.74, 6) is 0.277. The summed E-state index contributed by atoms with van der Waals surface area (Å²) < 4.78 is 9.96. The predicted molar refractivity (Wildman–Crippen MR) is 64.1 cm³/mol. The van der Waals surface area contributed by atoms with Crippen LogP contribution in [0.2, 0.25) is 0 Å². The molecule has 17 heavy (non-hydrogen) atoms. The van der Waals surface area contributed by atoms with Gasteiger partial charge in [-0.3, -0.25) is 4.79 Å². The number of carbonyl (C=O) groups excluding carboxylic acids is 1. The number of ether oxygens (including phenoxy) is 1. The lowest BCUT2D eigenvalue weighted by atomic mass is 10.2. The molecule has 0 atom stereocenters. The van der Waals surface area contributed by atoms with Crippen LogP contribution in [0.5, 0.6) is 5.75 Å². The molecule has 1 heterocycles. The third-order valence-electron chi connectivity index (χ3n) is 2.26. The molecule has 0 saturated carbocycles. The van der Waals surface area contributed by atoms with E-state index in [4.69, 9.17) is 14.9 Å². The topological polar surface area (TPSA) is 77.5 Å². The van der Waals surface area contributed by atoms with Gasteiger partial charge in [0.05, 0.1) is 24.6 Å². The van der Waals surface area contributed by atoms with Crippen molar-refractivity contribution < 1.29 is 13.9 Å². The van der Waals surface area contributed by atoms with Gasteiger partial charge in [0.1, 0.15) is 12.0 Å². The summed E-state index contributed by atoms with van der Waals surface area (Å²) in [6, 6.07) is 6.61. The Morgan fingerprint density at radius 3 is 2.88 bits per heavy atom. The predicted octanol–water partition coefficient (Wildman–Crippen LogP) is 2.12. The van der Waals surface area contributed by atoms with E-state index in [1.165, 1.54) is 19.6 Å².